The molecule has 1 heterocycles. The van der Waals surface area contributed by atoms with Gasteiger partial charge in [0.1, 0.15) is 5.76 Å². The fourth-order valence-corrected chi connectivity index (χ4v) is 1.30. The number of halogens is 1. The summed E-state index contributed by atoms with van der Waals surface area (Å²) in [4.78, 5) is 4.27. The monoisotopic (exact) mass is 187 g/mol. The van der Waals surface area contributed by atoms with E-state index in [0.29, 0.717) is 11.8 Å². The van der Waals surface area contributed by atoms with Crippen molar-refractivity contribution in [2.24, 2.45) is 5.92 Å². The summed E-state index contributed by atoms with van der Waals surface area (Å²) in [6.07, 6.45) is 0.887. The Balaban J connectivity index is 2.75. The van der Waals surface area contributed by atoms with E-state index in [2.05, 4.69) is 18.8 Å². The zero-order valence-electron chi connectivity index (χ0n) is 7.72. The lowest BCUT2D eigenvalue weighted by Crippen LogP contribution is -1.93. The summed E-state index contributed by atoms with van der Waals surface area (Å²) in [5, 5.41) is 0. The second-order valence-electron chi connectivity index (χ2n) is 3.35. The Labute approximate surface area is 77.9 Å². The lowest BCUT2D eigenvalue weighted by atomic mass is 10.1. The molecule has 0 aliphatic heterocycles. The Morgan fingerprint density at radius 2 is 2.17 bits per heavy atom. The second-order valence-corrected chi connectivity index (χ2v) is 3.62. The van der Waals surface area contributed by atoms with Gasteiger partial charge in [-0.25, -0.2) is 4.98 Å². The Morgan fingerprint density at radius 3 is 2.58 bits per heavy atom. The van der Waals surface area contributed by atoms with Crippen LogP contribution in [-0.4, -0.2) is 4.98 Å². The highest BCUT2D eigenvalue weighted by atomic mass is 35.5. The smallest absolute Gasteiger partial charge is 0.194 e. The van der Waals surface area contributed by atoms with Crippen LogP contribution in [0.15, 0.2) is 4.42 Å². The SMILES string of the molecule is Cc1nc(CC(C)C)oc1CCl. The van der Waals surface area contributed by atoms with Crippen molar-refractivity contribution in [3.05, 3.63) is 17.3 Å². The summed E-state index contributed by atoms with van der Waals surface area (Å²) in [5.41, 5.74) is 0.917. The van der Waals surface area contributed by atoms with Gasteiger partial charge in [0.05, 0.1) is 11.6 Å². The van der Waals surface area contributed by atoms with E-state index < -0.39 is 0 Å². The van der Waals surface area contributed by atoms with Crippen LogP contribution >= 0.6 is 11.6 Å². The van der Waals surface area contributed by atoms with Gasteiger partial charge >= 0.3 is 0 Å². The standard InChI is InChI=1S/C9H14ClNO/c1-6(2)4-9-11-7(3)8(5-10)12-9/h6H,4-5H2,1-3H3. The number of aromatic nitrogens is 1. The highest BCUT2D eigenvalue weighted by Crippen LogP contribution is 2.15. The quantitative estimate of drug-likeness (QED) is 0.681. The molecule has 0 aliphatic carbocycles. The molecule has 0 atom stereocenters. The first-order chi connectivity index (χ1) is 5.63. The van der Waals surface area contributed by atoms with Crippen molar-refractivity contribution in [3.63, 3.8) is 0 Å². The fourth-order valence-electron chi connectivity index (χ4n) is 1.05. The first kappa shape index (κ1) is 9.59. The predicted octanol–water partition coefficient (Wildman–Crippen LogP) is 2.92. The zero-order chi connectivity index (χ0) is 9.14. The van der Waals surface area contributed by atoms with Crippen molar-refractivity contribution in [2.45, 2.75) is 33.1 Å². The lowest BCUT2D eigenvalue weighted by molar-refractivity contribution is 0.437. The number of oxazole rings is 1. The molecule has 0 unspecified atom stereocenters. The molecule has 68 valence electrons. The maximum absolute atomic E-state index is 5.65. The highest BCUT2D eigenvalue weighted by molar-refractivity contribution is 6.16. The summed E-state index contributed by atoms with van der Waals surface area (Å²) in [5.74, 6) is 2.59. The van der Waals surface area contributed by atoms with Gasteiger partial charge in [0.15, 0.2) is 5.89 Å². The van der Waals surface area contributed by atoms with Crippen LogP contribution in [-0.2, 0) is 12.3 Å². The molecule has 0 saturated heterocycles. The molecule has 0 saturated carbocycles. The van der Waals surface area contributed by atoms with Gasteiger partial charge in [0, 0.05) is 6.42 Å². The molecular formula is C9H14ClNO. The van der Waals surface area contributed by atoms with Crippen LogP contribution in [0.4, 0.5) is 0 Å². The Morgan fingerprint density at radius 1 is 1.50 bits per heavy atom. The van der Waals surface area contributed by atoms with Gasteiger partial charge in [-0.05, 0) is 12.8 Å². The summed E-state index contributed by atoms with van der Waals surface area (Å²) in [7, 11) is 0. The molecular weight excluding hydrogens is 174 g/mol. The van der Waals surface area contributed by atoms with E-state index in [1.54, 1.807) is 0 Å². The summed E-state index contributed by atoms with van der Waals surface area (Å²) < 4.78 is 5.43. The van der Waals surface area contributed by atoms with Crippen LogP contribution < -0.4 is 0 Å². The first-order valence-corrected chi connectivity index (χ1v) is 4.68. The van der Waals surface area contributed by atoms with Gasteiger partial charge < -0.3 is 4.42 Å². The van der Waals surface area contributed by atoms with Gasteiger partial charge in [0.2, 0.25) is 0 Å². The Bertz CT molecular complexity index is 255. The number of alkyl halides is 1. The van der Waals surface area contributed by atoms with Crippen molar-refractivity contribution >= 4 is 11.6 Å². The van der Waals surface area contributed by atoms with Crippen LogP contribution in [0.25, 0.3) is 0 Å². The van der Waals surface area contributed by atoms with E-state index in [4.69, 9.17) is 16.0 Å². The zero-order valence-corrected chi connectivity index (χ0v) is 8.48. The van der Waals surface area contributed by atoms with E-state index in [9.17, 15) is 0 Å². The largest absolute Gasteiger partial charge is 0.444 e. The summed E-state index contributed by atoms with van der Waals surface area (Å²) in [6.45, 7) is 6.20. The van der Waals surface area contributed by atoms with Crippen molar-refractivity contribution in [1.82, 2.24) is 4.98 Å². The molecule has 1 rings (SSSR count). The van der Waals surface area contributed by atoms with E-state index in [1.807, 2.05) is 6.92 Å². The average Bonchev–Trinajstić information content (AvgIpc) is 2.29. The molecule has 0 bridgehead atoms. The van der Waals surface area contributed by atoms with E-state index >= 15 is 0 Å². The van der Waals surface area contributed by atoms with Crippen molar-refractivity contribution in [1.29, 1.82) is 0 Å². The van der Waals surface area contributed by atoms with Crippen LogP contribution in [0, 0.1) is 12.8 Å². The van der Waals surface area contributed by atoms with Crippen LogP contribution in [0.1, 0.15) is 31.2 Å². The molecule has 0 spiro atoms. The minimum atomic E-state index is 0.414. The highest BCUT2D eigenvalue weighted by Gasteiger charge is 2.09. The molecule has 0 aromatic carbocycles. The number of hydrogen-bond donors (Lipinski definition) is 0. The van der Waals surface area contributed by atoms with E-state index in [1.165, 1.54) is 0 Å². The summed E-state index contributed by atoms with van der Waals surface area (Å²) >= 11 is 5.65. The molecule has 2 nitrogen and oxygen atoms in total. The van der Waals surface area contributed by atoms with Crippen LogP contribution in [0.5, 0.6) is 0 Å². The molecule has 3 heteroatoms. The second kappa shape index (κ2) is 3.94. The minimum Gasteiger partial charge on any atom is -0.444 e. The minimum absolute atomic E-state index is 0.414. The number of rotatable bonds is 3. The maximum atomic E-state index is 5.65. The van der Waals surface area contributed by atoms with Gasteiger partial charge in [-0.2, -0.15) is 0 Å². The van der Waals surface area contributed by atoms with Crippen LogP contribution in [0.2, 0.25) is 0 Å². The number of nitrogens with zero attached hydrogens (tertiary/aromatic N) is 1. The molecule has 12 heavy (non-hydrogen) atoms. The number of hydrogen-bond acceptors (Lipinski definition) is 2. The Hall–Kier alpha value is -0.500. The maximum Gasteiger partial charge on any atom is 0.194 e. The van der Waals surface area contributed by atoms with Crippen molar-refractivity contribution in [3.8, 4) is 0 Å². The molecule has 0 amide bonds. The normalized spacial score (nSPS) is 11.1. The Kier molecular flexibility index (Phi) is 3.15. The fraction of sp³-hybridized carbons (Fsp3) is 0.667. The third-order valence-corrected chi connectivity index (χ3v) is 1.88. The van der Waals surface area contributed by atoms with Gasteiger partial charge in [-0.3, -0.25) is 0 Å². The molecule has 1 aromatic rings. The molecule has 1 aromatic heterocycles. The van der Waals surface area contributed by atoms with Crippen molar-refractivity contribution < 1.29 is 4.42 Å². The lowest BCUT2D eigenvalue weighted by Gasteiger charge is -1.97. The molecule has 0 radical (unpaired) electrons. The summed E-state index contributed by atoms with van der Waals surface area (Å²) in [6, 6.07) is 0. The van der Waals surface area contributed by atoms with Gasteiger partial charge in [0.25, 0.3) is 0 Å². The first-order valence-electron chi connectivity index (χ1n) is 4.14. The van der Waals surface area contributed by atoms with Crippen LogP contribution in [0.3, 0.4) is 0 Å². The van der Waals surface area contributed by atoms with Gasteiger partial charge in [-0.15, -0.1) is 11.6 Å². The van der Waals surface area contributed by atoms with Crippen molar-refractivity contribution in [2.75, 3.05) is 0 Å². The van der Waals surface area contributed by atoms with E-state index in [0.717, 1.165) is 23.8 Å². The molecule has 0 N–H and O–H groups in total. The third kappa shape index (κ3) is 2.24. The third-order valence-electron chi connectivity index (χ3n) is 1.64. The predicted molar refractivity (Wildman–Crippen MR) is 49.3 cm³/mol. The average molecular weight is 188 g/mol. The number of aryl methyl sites for hydroxylation is 1. The molecule has 0 aliphatic rings. The van der Waals surface area contributed by atoms with Gasteiger partial charge in [-0.1, -0.05) is 13.8 Å². The molecule has 0 fully saturated rings. The van der Waals surface area contributed by atoms with E-state index in [-0.39, 0.29) is 0 Å². The topological polar surface area (TPSA) is 26.0 Å².